The monoisotopic (exact) mass is 241 g/mol. The lowest BCUT2D eigenvalue weighted by Gasteiger charge is -2.24. The van der Waals surface area contributed by atoms with Crippen molar-refractivity contribution in [2.45, 2.75) is 37.8 Å². The smallest absolute Gasteiger partial charge is 0.159 e. The van der Waals surface area contributed by atoms with Crippen LogP contribution < -0.4 is 5.32 Å². The third kappa shape index (κ3) is 3.75. The summed E-state index contributed by atoms with van der Waals surface area (Å²) in [5.41, 5.74) is -0.334. The van der Waals surface area contributed by atoms with E-state index >= 15 is 0 Å². The number of hydrogen-bond acceptors (Lipinski definition) is 2. The highest BCUT2D eigenvalue weighted by Gasteiger charge is 2.26. The van der Waals surface area contributed by atoms with Gasteiger partial charge in [-0.1, -0.05) is 6.07 Å². The van der Waals surface area contributed by atoms with Gasteiger partial charge in [0.05, 0.1) is 5.60 Å². The van der Waals surface area contributed by atoms with Crippen molar-refractivity contribution in [1.82, 2.24) is 5.32 Å². The summed E-state index contributed by atoms with van der Waals surface area (Å²) in [6, 6.07) is 4.26. The second kappa shape index (κ2) is 4.70. The van der Waals surface area contributed by atoms with E-state index in [9.17, 15) is 13.9 Å². The average Bonchev–Trinajstić information content (AvgIpc) is 3.04. The van der Waals surface area contributed by atoms with Crippen LogP contribution >= 0.6 is 0 Å². The topological polar surface area (TPSA) is 32.3 Å². The fraction of sp³-hybridized carbons (Fsp3) is 0.538. The van der Waals surface area contributed by atoms with Crippen LogP contribution in [0.3, 0.4) is 0 Å². The molecular weight excluding hydrogens is 224 g/mol. The Kier molecular flexibility index (Phi) is 3.45. The molecule has 2 nitrogen and oxygen atoms in total. The van der Waals surface area contributed by atoms with Crippen LogP contribution in [0.5, 0.6) is 0 Å². The van der Waals surface area contributed by atoms with Crippen LogP contribution in [0.4, 0.5) is 8.78 Å². The summed E-state index contributed by atoms with van der Waals surface area (Å²) in [5, 5.41) is 13.4. The number of hydrogen-bond donors (Lipinski definition) is 2. The molecule has 94 valence electrons. The molecule has 0 aromatic heterocycles. The number of aliphatic hydroxyl groups is 1. The van der Waals surface area contributed by atoms with Gasteiger partial charge in [0.1, 0.15) is 0 Å². The molecule has 2 rings (SSSR count). The van der Waals surface area contributed by atoms with E-state index in [1.54, 1.807) is 6.92 Å². The predicted molar refractivity (Wildman–Crippen MR) is 61.7 cm³/mol. The lowest BCUT2D eigenvalue weighted by molar-refractivity contribution is 0.0597. The van der Waals surface area contributed by atoms with E-state index in [1.807, 2.05) is 0 Å². The fourth-order valence-corrected chi connectivity index (χ4v) is 1.80. The SMILES string of the molecule is CC(O)(CNC1CC1)Cc1ccc(F)c(F)c1. The van der Waals surface area contributed by atoms with Crippen molar-refractivity contribution in [2.24, 2.45) is 0 Å². The molecule has 1 aliphatic carbocycles. The van der Waals surface area contributed by atoms with E-state index in [1.165, 1.54) is 6.07 Å². The van der Waals surface area contributed by atoms with E-state index in [0.29, 0.717) is 24.6 Å². The van der Waals surface area contributed by atoms with Gasteiger partial charge in [0.15, 0.2) is 11.6 Å². The molecule has 1 aromatic rings. The molecule has 0 spiro atoms. The second-order valence-corrected chi connectivity index (χ2v) is 5.08. The normalized spacial score (nSPS) is 19.1. The lowest BCUT2D eigenvalue weighted by Crippen LogP contribution is -2.40. The van der Waals surface area contributed by atoms with Gasteiger partial charge in [0.25, 0.3) is 0 Å². The Morgan fingerprint density at radius 3 is 2.65 bits per heavy atom. The van der Waals surface area contributed by atoms with Crippen molar-refractivity contribution < 1.29 is 13.9 Å². The minimum absolute atomic E-state index is 0.309. The largest absolute Gasteiger partial charge is 0.389 e. The number of benzene rings is 1. The molecule has 1 atom stereocenters. The molecule has 1 aromatic carbocycles. The first kappa shape index (κ1) is 12.5. The zero-order valence-corrected chi connectivity index (χ0v) is 9.84. The number of rotatable bonds is 5. The Labute approximate surface area is 99.7 Å². The zero-order chi connectivity index (χ0) is 12.5. The number of halogens is 2. The zero-order valence-electron chi connectivity index (χ0n) is 9.84. The third-order valence-corrected chi connectivity index (χ3v) is 2.92. The first-order chi connectivity index (χ1) is 7.96. The van der Waals surface area contributed by atoms with Crippen molar-refractivity contribution in [3.05, 3.63) is 35.4 Å². The summed E-state index contributed by atoms with van der Waals surface area (Å²) in [6.45, 7) is 2.17. The molecule has 1 saturated carbocycles. The van der Waals surface area contributed by atoms with Crippen molar-refractivity contribution >= 4 is 0 Å². The predicted octanol–water partition coefficient (Wildman–Crippen LogP) is 2.01. The molecule has 0 bridgehead atoms. The maximum absolute atomic E-state index is 13.0. The lowest BCUT2D eigenvalue weighted by atomic mass is 9.96. The standard InChI is InChI=1S/C13H17F2NO/c1-13(17,8-16-10-3-4-10)7-9-2-5-11(14)12(15)6-9/h2,5-6,10,16-17H,3-4,7-8H2,1H3. The van der Waals surface area contributed by atoms with E-state index in [-0.39, 0.29) is 0 Å². The minimum atomic E-state index is -0.938. The van der Waals surface area contributed by atoms with Gasteiger partial charge in [0.2, 0.25) is 0 Å². The summed E-state index contributed by atoms with van der Waals surface area (Å²) in [6.07, 6.45) is 2.62. The van der Waals surface area contributed by atoms with Crippen molar-refractivity contribution in [2.75, 3.05) is 6.54 Å². The molecule has 17 heavy (non-hydrogen) atoms. The van der Waals surface area contributed by atoms with E-state index in [2.05, 4.69) is 5.32 Å². The van der Waals surface area contributed by atoms with Gasteiger partial charge in [-0.2, -0.15) is 0 Å². The average molecular weight is 241 g/mol. The second-order valence-electron chi connectivity index (χ2n) is 5.08. The Bertz CT molecular complexity index is 402. The van der Waals surface area contributed by atoms with Gasteiger partial charge in [-0.3, -0.25) is 0 Å². The molecule has 0 aliphatic heterocycles. The molecule has 0 heterocycles. The van der Waals surface area contributed by atoms with Gasteiger partial charge < -0.3 is 10.4 Å². The van der Waals surface area contributed by atoms with Crippen LogP contribution in [-0.2, 0) is 6.42 Å². The molecule has 0 saturated heterocycles. The quantitative estimate of drug-likeness (QED) is 0.826. The van der Waals surface area contributed by atoms with E-state index in [0.717, 1.165) is 25.0 Å². The first-order valence-electron chi connectivity index (χ1n) is 5.86. The Balaban J connectivity index is 1.94. The van der Waals surface area contributed by atoms with E-state index in [4.69, 9.17) is 0 Å². The molecule has 0 radical (unpaired) electrons. The maximum Gasteiger partial charge on any atom is 0.159 e. The van der Waals surface area contributed by atoms with E-state index < -0.39 is 17.2 Å². The van der Waals surface area contributed by atoms with Gasteiger partial charge >= 0.3 is 0 Å². The summed E-state index contributed by atoms with van der Waals surface area (Å²) in [5.74, 6) is -1.72. The summed E-state index contributed by atoms with van der Waals surface area (Å²) in [7, 11) is 0. The summed E-state index contributed by atoms with van der Waals surface area (Å²) < 4.78 is 25.8. The third-order valence-electron chi connectivity index (χ3n) is 2.92. The molecule has 0 amide bonds. The van der Waals surface area contributed by atoms with Crippen molar-refractivity contribution in [3.8, 4) is 0 Å². The molecular formula is C13H17F2NO. The number of nitrogens with one attached hydrogen (secondary N) is 1. The van der Waals surface area contributed by atoms with Crippen LogP contribution in [0.25, 0.3) is 0 Å². The Morgan fingerprint density at radius 1 is 1.35 bits per heavy atom. The van der Waals surface area contributed by atoms with Crippen LogP contribution in [0.15, 0.2) is 18.2 Å². The van der Waals surface area contributed by atoms with Gasteiger partial charge in [0, 0.05) is 19.0 Å². The highest BCUT2D eigenvalue weighted by atomic mass is 19.2. The highest BCUT2D eigenvalue weighted by molar-refractivity contribution is 5.19. The Hall–Kier alpha value is -1.00. The molecule has 1 unspecified atom stereocenters. The maximum atomic E-state index is 13.0. The first-order valence-corrected chi connectivity index (χ1v) is 5.86. The molecule has 2 N–H and O–H groups in total. The van der Waals surface area contributed by atoms with Crippen molar-refractivity contribution in [1.29, 1.82) is 0 Å². The highest BCUT2D eigenvalue weighted by Crippen LogP contribution is 2.21. The van der Waals surface area contributed by atoms with Gasteiger partial charge in [-0.15, -0.1) is 0 Å². The molecule has 1 fully saturated rings. The Morgan fingerprint density at radius 2 is 2.06 bits per heavy atom. The molecule has 4 heteroatoms. The fourth-order valence-electron chi connectivity index (χ4n) is 1.80. The van der Waals surface area contributed by atoms with Crippen LogP contribution in [-0.4, -0.2) is 23.3 Å². The summed E-state index contributed by atoms with van der Waals surface area (Å²) >= 11 is 0. The van der Waals surface area contributed by atoms with Gasteiger partial charge in [-0.05, 0) is 37.5 Å². The van der Waals surface area contributed by atoms with Crippen molar-refractivity contribution in [3.63, 3.8) is 0 Å². The van der Waals surface area contributed by atoms with Crippen LogP contribution in [0.2, 0.25) is 0 Å². The molecule has 1 aliphatic rings. The minimum Gasteiger partial charge on any atom is -0.389 e. The van der Waals surface area contributed by atoms with Crippen LogP contribution in [0, 0.1) is 11.6 Å². The van der Waals surface area contributed by atoms with Gasteiger partial charge in [-0.25, -0.2) is 8.78 Å². The van der Waals surface area contributed by atoms with Crippen LogP contribution in [0.1, 0.15) is 25.3 Å². The summed E-state index contributed by atoms with van der Waals surface area (Å²) in [4.78, 5) is 0.